The molecule has 2 heterocycles. The summed E-state index contributed by atoms with van der Waals surface area (Å²) in [4.78, 5) is 23.7. The molecule has 1 aliphatic carbocycles. The number of nitrogens with zero attached hydrogens (tertiary/aromatic N) is 3. The van der Waals surface area contributed by atoms with Gasteiger partial charge in [0.05, 0.1) is 19.7 Å². The second kappa shape index (κ2) is 13.7. The molecule has 226 valence electrons. The number of halogens is 2. The molecule has 2 unspecified atom stereocenters. The molecule has 1 fully saturated rings. The molecule has 0 spiro atoms. The second-order valence-electron chi connectivity index (χ2n) is 10.4. The van der Waals surface area contributed by atoms with Gasteiger partial charge >= 0.3 is 6.61 Å². The van der Waals surface area contributed by atoms with E-state index in [1.54, 1.807) is 19.3 Å². The number of nitrogens with two attached hydrogens (primary N) is 1. The first kappa shape index (κ1) is 30.8. The van der Waals surface area contributed by atoms with E-state index in [-0.39, 0.29) is 29.2 Å². The first-order valence-electron chi connectivity index (χ1n) is 14.1. The molecule has 4 rings (SSSR count). The van der Waals surface area contributed by atoms with Crippen molar-refractivity contribution in [3.05, 3.63) is 70.8 Å². The highest BCUT2D eigenvalue weighted by Gasteiger charge is 2.35. The van der Waals surface area contributed by atoms with Gasteiger partial charge in [0.1, 0.15) is 34.8 Å². The summed E-state index contributed by atoms with van der Waals surface area (Å²) in [5, 5.41) is 2.83. The number of nitrogens with one attached hydrogen (secondary N) is 1. The zero-order valence-electron chi connectivity index (χ0n) is 24.5. The van der Waals surface area contributed by atoms with Crippen molar-refractivity contribution in [2.24, 2.45) is 15.7 Å². The maximum atomic E-state index is 13.5. The summed E-state index contributed by atoms with van der Waals surface area (Å²) in [5.74, 6) is 0.537. The Morgan fingerprint density at radius 2 is 2.05 bits per heavy atom. The van der Waals surface area contributed by atoms with Gasteiger partial charge in [-0.1, -0.05) is 19.9 Å². The normalized spacial score (nSPS) is 19.2. The Morgan fingerprint density at radius 3 is 2.67 bits per heavy atom. The summed E-state index contributed by atoms with van der Waals surface area (Å²) < 4.78 is 43.8. The Morgan fingerprint density at radius 1 is 1.31 bits per heavy atom. The van der Waals surface area contributed by atoms with Crippen LogP contribution in [0.2, 0.25) is 0 Å². The average molecular weight is 584 g/mol. The van der Waals surface area contributed by atoms with E-state index in [2.05, 4.69) is 23.8 Å². The number of aliphatic imine (C=N–C) groups is 2. The van der Waals surface area contributed by atoms with Gasteiger partial charge in [-0.2, -0.15) is 8.78 Å². The third-order valence-corrected chi connectivity index (χ3v) is 7.36. The number of ether oxygens (including phenoxy) is 3. The van der Waals surface area contributed by atoms with Gasteiger partial charge in [-0.25, -0.2) is 0 Å². The van der Waals surface area contributed by atoms with Crippen molar-refractivity contribution in [1.82, 2.24) is 10.2 Å². The van der Waals surface area contributed by atoms with Gasteiger partial charge in [0, 0.05) is 42.9 Å². The van der Waals surface area contributed by atoms with E-state index in [1.165, 1.54) is 19.4 Å². The molecule has 9 nitrogen and oxygen atoms in total. The lowest BCUT2D eigenvalue weighted by atomic mass is 9.99. The molecule has 1 saturated carbocycles. The standard InChI is InChI=1S/C31H39F2N5O4/c1-6-7-8-18(2)19(3)41-27-17-38-24(16-36-28(38)13-23(27)21(14-34)15-35-4)20-11-25(40-5)29(26(12-20)42-31(32)33)30(39)37-22-9-10-22/h11-15,17,19,22,24,31H,2,6-10,16,34H2,1,3-5H3,(H,37,39). The number of fused-ring (bicyclic) bond motifs is 1. The fourth-order valence-corrected chi connectivity index (χ4v) is 4.85. The summed E-state index contributed by atoms with van der Waals surface area (Å²) in [6.45, 7) is 5.47. The van der Waals surface area contributed by atoms with Crippen LogP contribution >= 0.6 is 0 Å². The Labute approximate surface area is 245 Å². The molecule has 1 aromatic rings. The van der Waals surface area contributed by atoms with Crippen molar-refractivity contribution < 1.29 is 27.8 Å². The molecule has 0 radical (unpaired) electrons. The van der Waals surface area contributed by atoms with Gasteiger partial charge < -0.3 is 30.2 Å². The van der Waals surface area contributed by atoms with Crippen molar-refractivity contribution in [2.45, 2.75) is 70.8 Å². The second-order valence-corrected chi connectivity index (χ2v) is 10.4. The van der Waals surface area contributed by atoms with Crippen LogP contribution in [0.5, 0.6) is 11.5 Å². The Balaban J connectivity index is 1.72. The van der Waals surface area contributed by atoms with E-state index in [0.717, 1.165) is 37.7 Å². The van der Waals surface area contributed by atoms with Crippen LogP contribution in [0, 0.1) is 0 Å². The molecular formula is C31H39F2N5O4. The van der Waals surface area contributed by atoms with Gasteiger partial charge in [-0.05, 0) is 62.0 Å². The third-order valence-electron chi connectivity index (χ3n) is 7.36. The topological polar surface area (TPSA) is 111 Å². The summed E-state index contributed by atoms with van der Waals surface area (Å²) >= 11 is 0. The molecule has 3 aliphatic rings. The molecule has 11 heteroatoms. The monoisotopic (exact) mass is 583 g/mol. The number of amidine groups is 1. The number of amides is 1. The first-order chi connectivity index (χ1) is 20.2. The molecule has 2 aliphatic heterocycles. The van der Waals surface area contributed by atoms with Crippen LogP contribution in [-0.2, 0) is 4.74 Å². The van der Waals surface area contributed by atoms with Crippen molar-refractivity contribution in [3.63, 3.8) is 0 Å². The highest BCUT2D eigenvalue weighted by Crippen LogP contribution is 2.40. The largest absolute Gasteiger partial charge is 0.496 e. The first-order valence-corrected chi connectivity index (χ1v) is 14.1. The third kappa shape index (κ3) is 7.00. The number of carbonyl (C=O) groups excluding carboxylic acids is 1. The fourth-order valence-electron chi connectivity index (χ4n) is 4.85. The summed E-state index contributed by atoms with van der Waals surface area (Å²) in [5.41, 5.74) is 8.80. The van der Waals surface area contributed by atoms with Crippen LogP contribution in [-0.4, -0.2) is 62.3 Å². The quantitative estimate of drug-likeness (QED) is 0.224. The molecular weight excluding hydrogens is 544 g/mol. The van der Waals surface area contributed by atoms with Gasteiger partial charge in [-0.15, -0.1) is 0 Å². The number of hydrogen-bond acceptors (Lipinski definition) is 8. The summed E-state index contributed by atoms with van der Waals surface area (Å²) in [6.07, 6.45) is 11.1. The Kier molecular flexibility index (Phi) is 10.0. The van der Waals surface area contributed by atoms with Crippen LogP contribution in [0.25, 0.3) is 0 Å². The van der Waals surface area contributed by atoms with E-state index in [4.69, 9.17) is 24.9 Å². The minimum Gasteiger partial charge on any atom is -0.496 e. The van der Waals surface area contributed by atoms with Crippen LogP contribution in [0.3, 0.4) is 0 Å². The number of rotatable bonds is 14. The van der Waals surface area contributed by atoms with Gasteiger partial charge in [-0.3, -0.25) is 14.8 Å². The average Bonchev–Trinajstić information content (AvgIpc) is 3.69. The molecule has 1 aromatic carbocycles. The summed E-state index contributed by atoms with van der Waals surface area (Å²) in [7, 11) is 3.04. The summed E-state index contributed by atoms with van der Waals surface area (Å²) in [6, 6.07) is 2.74. The fraction of sp³-hybridized carbons (Fsp3) is 0.452. The lowest BCUT2D eigenvalue weighted by Gasteiger charge is -2.31. The molecule has 0 bridgehead atoms. The predicted molar refractivity (Wildman–Crippen MR) is 159 cm³/mol. The van der Waals surface area contributed by atoms with E-state index in [1.807, 2.05) is 24.1 Å². The number of benzene rings is 1. The van der Waals surface area contributed by atoms with E-state index < -0.39 is 18.6 Å². The Hall–Kier alpha value is -4.15. The lowest BCUT2D eigenvalue weighted by Crippen LogP contribution is -2.30. The number of hydrogen-bond donors (Lipinski definition) is 2. The zero-order chi connectivity index (χ0) is 30.4. The minimum atomic E-state index is -3.13. The maximum absolute atomic E-state index is 13.5. The van der Waals surface area contributed by atoms with E-state index >= 15 is 0 Å². The van der Waals surface area contributed by atoms with E-state index in [0.29, 0.717) is 34.8 Å². The number of alkyl halides is 2. The van der Waals surface area contributed by atoms with Gasteiger partial charge in [0.15, 0.2) is 0 Å². The van der Waals surface area contributed by atoms with Crippen LogP contribution in [0.4, 0.5) is 8.78 Å². The minimum absolute atomic E-state index is 0.0237. The highest BCUT2D eigenvalue weighted by molar-refractivity contribution is 6.02. The van der Waals surface area contributed by atoms with Crippen LogP contribution in [0.15, 0.2) is 69.7 Å². The molecule has 1 amide bonds. The Bertz CT molecular complexity index is 1350. The number of carbonyl (C=O) groups is 1. The number of allylic oxidation sites excluding steroid dienone is 1. The number of unbranched alkanes of at least 4 members (excludes halogenated alkanes) is 1. The van der Waals surface area contributed by atoms with Crippen LogP contribution in [0.1, 0.15) is 67.9 Å². The molecule has 3 N–H and O–H groups in total. The van der Waals surface area contributed by atoms with Gasteiger partial charge in [0.25, 0.3) is 5.91 Å². The smallest absolute Gasteiger partial charge is 0.387 e. The highest BCUT2D eigenvalue weighted by atomic mass is 19.3. The maximum Gasteiger partial charge on any atom is 0.387 e. The molecule has 0 aromatic heterocycles. The molecule has 2 atom stereocenters. The van der Waals surface area contributed by atoms with Gasteiger partial charge in [0.2, 0.25) is 0 Å². The van der Waals surface area contributed by atoms with Crippen molar-refractivity contribution in [2.75, 3.05) is 20.7 Å². The SMILES string of the molecule is C=C(CCCC)C(C)OC1=CN2C(=NCC2c2cc(OC)c(C(=O)NC3CC3)c(OC(F)F)c2)C=C1C(C=NC)=CN. The van der Waals surface area contributed by atoms with E-state index in [9.17, 15) is 13.6 Å². The van der Waals surface area contributed by atoms with Crippen LogP contribution < -0.4 is 20.5 Å². The van der Waals surface area contributed by atoms with Crippen molar-refractivity contribution in [1.29, 1.82) is 0 Å². The predicted octanol–water partition coefficient (Wildman–Crippen LogP) is 5.42. The van der Waals surface area contributed by atoms with Crippen molar-refractivity contribution in [3.8, 4) is 11.5 Å². The van der Waals surface area contributed by atoms with Crippen molar-refractivity contribution >= 4 is 18.0 Å². The molecule has 0 saturated heterocycles. The lowest BCUT2D eigenvalue weighted by molar-refractivity contribution is -0.0503. The zero-order valence-corrected chi connectivity index (χ0v) is 24.5. The molecule has 42 heavy (non-hydrogen) atoms. The number of methoxy groups -OCH3 is 1.